The molecule has 0 saturated carbocycles. The van der Waals surface area contributed by atoms with Crippen molar-refractivity contribution in [2.75, 3.05) is 0 Å². The minimum Gasteiger partial charge on any atom is -0.696 e. The largest absolute Gasteiger partial charge is 1.00 e. The molecule has 0 fully saturated rings. The molecule has 0 unspecified atom stereocenters. The quantitative estimate of drug-likeness (QED) is 0.342. The van der Waals surface area contributed by atoms with Crippen molar-refractivity contribution in [2.45, 2.75) is 6.92 Å². The van der Waals surface area contributed by atoms with Crippen LogP contribution in [0.5, 0.6) is 0 Å². The third kappa shape index (κ3) is 76900. The topological polar surface area (TPSA) is 100 Å². The summed E-state index contributed by atoms with van der Waals surface area (Å²) in [5.74, 6) is -1.08. The monoisotopic (exact) mass is 249 g/mol. The molecule has 0 aliphatic carbocycles. The van der Waals surface area contributed by atoms with Gasteiger partial charge in [-0.05, 0) is 6.92 Å². The van der Waals surface area contributed by atoms with Gasteiger partial charge in [-0.1, -0.05) is 5.40 Å². The molecule has 0 rings (SSSR count). The zero-order valence-corrected chi connectivity index (χ0v) is 10.2. The number of carboxylic acid groups (broad SMARTS) is 1. The Hall–Kier alpha value is 0.0621. The Labute approximate surface area is 79.4 Å². The van der Waals surface area contributed by atoms with E-state index in [1.54, 1.807) is 0 Å². The second kappa shape index (κ2) is 24.4. The molecule has 49 valence electrons. The van der Waals surface area contributed by atoms with Gasteiger partial charge in [-0.25, -0.2) is 5.26 Å². The van der Waals surface area contributed by atoms with Crippen molar-refractivity contribution in [1.82, 2.24) is 6.15 Å². The van der Waals surface area contributed by atoms with Crippen LogP contribution in [0.3, 0.4) is 0 Å². The van der Waals surface area contributed by atoms with Crippen LogP contribution in [0.4, 0.5) is 0 Å². The molecule has 0 amide bonds. The Morgan fingerprint density at radius 3 is 1.78 bits per heavy atom. The molecule has 0 aromatic rings. The van der Waals surface area contributed by atoms with E-state index in [1.165, 1.54) is 5.40 Å². The van der Waals surface area contributed by atoms with Gasteiger partial charge in [0.25, 0.3) is 0 Å². The predicted molar refractivity (Wildman–Crippen MR) is 29.6 cm³/mol. The Kier molecular flexibility index (Phi) is 62.2. The Balaban J connectivity index is -0.0000000233. The molecule has 0 atom stereocenters. The molecular formula is C3H7CdN2O2S. The van der Waals surface area contributed by atoms with Crippen LogP contribution >= 0.6 is 0 Å². The summed E-state index contributed by atoms with van der Waals surface area (Å²) in [6, 6.07) is 0. The van der Waals surface area contributed by atoms with Crippen molar-refractivity contribution < 1.29 is 37.2 Å². The Morgan fingerprint density at radius 2 is 1.78 bits per heavy atom. The molecule has 0 spiro atoms. The number of rotatable bonds is 0. The number of nitrogens with zero attached hydrogens (tertiary/aromatic N) is 1. The number of carboxylic acids is 1. The first-order valence-electron chi connectivity index (χ1n) is 1.34. The van der Waals surface area contributed by atoms with Crippen molar-refractivity contribution in [3.05, 3.63) is 0 Å². The maximum atomic E-state index is 8.89. The number of thiocyanates is 1. The van der Waals surface area contributed by atoms with Crippen molar-refractivity contribution in [3.63, 3.8) is 0 Å². The summed E-state index contributed by atoms with van der Waals surface area (Å²) in [7, 11) is 0. The van der Waals surface area contributed by atoms with Crippen LogP contribution in [0, 0.1) is 10.7 Å². The fourth-order valence-electron chi connectivity index (χ4n) is 0. The third-order valence-corrected chi connectivity index (χ3v) is 0. The maximum absolute atomic E-state index is 8.89. The molecule has 0 aromatic carbocycles. The summed E-state index contributed by atoms with van der Waals surface area (Å²) in [5.41, 5.74) is 0. The fourth-order valence-corrected chi connectivity index (χ4v) is 0. The molecule has 9 heavy (non-hydrogen) atoms. The molecular weight excluding hydrogens is 241 g/mol. The van der Waals surface area contributed by atoms with Gasteiger partial charge in [-0.15, -0.1) is 0 Å². The van der Waals surface area contributed by atoms with E-state index in [-0.39, 0.29) is 33.4 Å². The van der Waals surface area contributed by atoms with Crippen molar-refractivity contribution in [1.29, 1.82) is 5.26 Å². The van der Waals surface area contributed by atoms with Crippen LogP contribution in [0.25, 0.3) is 0 Å². The van der Waals surface area contributed by atoms with Gasteiger partial charge in [-0.3, -0.25) is 0 Å². The number of hydrogen-bond donors (Lipinski definition) is 1. The van der Waals surface area contributed by atoms with Crippen molar-refractivity contribution in [3.8, 4) is 5.40 Å². The van der Waals surface area contributed by atoms with E-state index in [4.69, 9.17) is 15.2 Å². The summed E-state index contributed by atoms with van der Waals surface area (Å²) in [4.78, 5) is 8.89. The van der Waals surface area contributed by atoms with Gasteiger partial charge in [0.1, 0.15) is 0 Å². The zero-order valence-electron chi connectivity index (χ0n) is 5.38. The molecule has 0 aliphatic heterocycles. The smallest absolute Gasteiger partial charge is 0.696 e. The van der Waals surface area contributed by atoms with Gasteiger partial charge in [0, 0.05) is 5.97 Å². The van der Waals surface area contributed by atoms with Crippen LogP contribution in [0.1, 0.15) is 6.92 Å². The molecule has 0 saturated heterocycles. The Bertz CT molecular complexity index is 88.3. The minimum atomic E-state index is -1.08. The SMILES string of the molecule is CC(=O)[O-].N#C[S-].[Cd+].[NH4+]. The second-order valence-corrected chi connectivity index (χ2v) is 0.765. The van der Waals surface area contributed by atoms with E-state index in [0.29, 0.717) is 0 Å². The van der Waals surface area contributed by atoms with E-state index in [1.807, 2.05) is 0 Å². The molecule has 0 aromatic heterocycles. The molecule has 4 nitrogen and oxygen atoms in total. The summed E-state index contributed by atoms with van der Waals surface area (Å²) < 4.78 is 0. The first-order chi connectivity index (χ1) is 3.15. The zero-order chi connectivity index (χ0) is 6.28. The molecule has 4 N–H and O–H groups in total. The van der Waals surface area contributed by atoms with E-state index < -0.39 is 5.97 Å². The summed E-state index contributed by atoms with van der Waals surface area (Å²) in [6.07, 6.45) is 0. The number of hydrogen-bond acceptors (Lipinski definition) is 4. The standard InChI is InChI=1S/C2H4O2.CHNS.Cd.H3N/c1-2(3)4;2-1-3;;/h1H3,(H,3,4);3H;;1H3/q;;+1;/p-1. The van der Waals surface area contributed by atoms with Gasteiger partial charge < -0.3 is 28.7 Å². The number of aliphatic carboxylic acids is 1. The molecule has 0 aliphatic rings. The van der Waals surface area contributed by atoms with Crippen LogP contribution in [0.2, 0.25) is 0 Å². The van der Waals surface area contributed by atoms with Crippen molar-refractivity contribution >= 4 is 18.6 Å². The fraction of sp³-hybridized carbons (Fsp3) is 0.333. The van der Waals surface area contributed by atoms with Crippen LogP contribution in [0.15, 0.2) is 0 Å². The van der Waals surface area contributed by atoms with Crippen LogP contribution in [-0.4, -0.2) is 5.97 Å². The van der Waals surface area contributed by atoms with Crippen LogP contribution in [-0.2, 0) is 44.7 Å². The van der Waals surface area contributed by atoms with Gasteiger partial charge in [0.2, 0.25) is 0 Å². The first-order valence-corrected chi connectivity index (χ1v) is 1.74. The summed E-state index contributed by atoms with van der Waals surface area (Å²) >= 11 is 3.70. The Morgan fingerprint density at radius 1 is 1.78 bits per heavy atom. The molecule has 0 heterocycles. The predicted octanol–water partition coefficient (Wildman–Crippen LogP) is -0.856. The number of carbonyl (C=O) groups is 1. The van der Waals surface area contributed by atoms with Gasteiger partial charge in [0.05, 0.1) is 0 Å². The van der Waals surface area contributed by atoms with E-state index in [2.05, 4.69) is 12.6 Å². The number of carbonyl (C=O) groups excluding carboxylic acids is 1. The van der Waals surface area contributed by atoms with Gasteiger partial charge in [0.15, 0.2) is 0 Å². The maximum Gasteiger partial charge on any atom is 1.00 e. The number of nitriles is 1. The minimum absolute atomic E-state index is 0. The average molecular weight is 248 g/mol. The van der Waals surface area contributed by atoms with E-state index in [9.17, 15) is 0 Å². The molecule has 1 radical (unpaired) electrons. The van der Waals surface area contributed by atoms with E-state index in [0.717, 1.165) is 6.92 Å². The summed E-state index contributed by atoms with van der Waals surface area (Å²) in [5, 5.41) is 17.4. The molecule has 6 heteroatoms. The van der Waals surface area contributed by atoms with Crippen LogP contribution < -0.4 is 11.3 Å². The number of quaternary nitrogens is 1. The van der Waals surface area contributed by atoms with Crippen molar-refractivity contribution in [2.24, 2.45) is 0 Å². The molecule has 0 bridgehead atoms. The first kappa shape index (κ1) is 23.0. The third-order valence-electron chi connectivity index (χ3n) is 0. The van der Waals surface area contributed by atoms with Gasteiger partial charge in [-0.2, -0.15) is 0 Å². The summed E-state index contributed by atoms with van der Waals surface area (Å²) in [6.45, 7) is 0.972. The average Bonchev–Trinajstić information content (AvgIpc) is 1.33. The second-order valence-electron chi connectivity index (χ2n) is 0.583. The normalized spacial score (nSPS) is 3.56. The van der Waals surface area contributed by atoms with Gasteiger partial charge >= 0.3 is 27.3 Å². The van der Waals surface area contributed by atoms with E-state index >= 15 is 0 Å².